The Morgan fingerprint density at radius 3 is 2.53 bits per heavy atom. The maximum absolute atomic E-state index is 11.8. The van der Waals surface area contributed by atoms with Crippen molar-refractivity contribution in [3.8, 4) is 5.69 Å². The lowest BCUT2D eigenvalue weighted by Gasteiger charge is -2.38. The molecule has 176 valence electrons. The second kappa shape index (κ2) is 8.69. The first kappa shape index (κ1) is 22.3. The maximum Gasteiger partial charge on any atom is 0.229 e. The summed E-state index contributed by atoms with van der Waals surface area (Å²) in [7, 11) is -3.25. The zero-order valence-corrected chi connectivity index (χ0v) is 20.1. The van der Waals surface area contributed by atoms with Crippen LogP contribution in [0, 0.1) is 0 Å². The molecule has 1 saturated heterocycles. The number of anilines is 3. The summed E-state index contributed by atoms with van der Waals surface area (Å²) in [6.45, 7) is 6.23. The Kier molecular flexibility index (Phi) is 5.70. The van der Waals surface area contributed by atoms with Crippen LogP contribution in [0.1, 0.15) is 13.8 Å². The summed E-state index contributed by atoms with van der Waals surface area (Å²) in [5.74, 6) is 1.41. The third kappa shape index (κ3) is 4.46. The highest BCUT2D eigenvalue weighted by molar-refractivity contribution is 7.90. The lowest BCUT2D eigenvalue weighted by Crippen LogP contribution is -2.54. The van der Waals surface area contributed by atoms with Gasteiger partial charge in [0.1, 0.15) is 11.5 Å². The average Bonchev–Trinajstić information content (AvgIpc) is 3.24. The molecule has 0 aliphatic carbocycles. The standard InChI is InChI=1S/C24H27N7O2S/c1-16-15-31(17(2)12-25-16)22-9-4-19(14-26-22)28-24-27-13-18-10-11-30(23(18)29-24)20-5-7-21(8-6-20)34(3,32)33/h4-11,13-14,16-17,25H,12,15H2,1-3H3,(H,27,28,29)/t16-,17+/m0/s1. The number of piperazine rings is 1. The smallest absolute Gasteiger partial charge is 0.229 e. The molecule has 0 amide bonds. The van der Waals surface area contributed by atoms with Gasteiger partial charge in [0.05, 0.1) is 16.8 Å². The zero-order valence-electron chi connectivity index (χ0n) is 19.3. The van der Waals surface area contributed by atoms with Crippen molar-refractivity contribution in [3.63, 3.8) is 0 Å². The Morgan fingerprint density at radius 1 is 1.03 bits per heavy atom. The topological polar surface area (TPSA) is 105 Å². The number of hydrogen-bond donors (Lipinski definition) is 2. The van der Waals surface area contributed by atoms with Crippen LogP contribution in [0.2, 0.25) is 0 Å². The summed E-state index contributed by atoms with van der Waals surface area (Å²) < 4.78 is 25.4. The van der Waals surface area contributed by atoms with Gasteiger partial charge in [-0.25, -0.2) is 18.4 Å². The number of pyridine rings is 1. The van der Waals surface area contributed by atoms with E-state index in [1.807, 2.05) is 29.0 Å². The molecular weight excluding hydrogens is 450 g/mol. The Bertz CT molecular complexity index is 1420. The van der Waals surface area contributed by atoms with Gasteiger partial charge in [-0.05, 0) is 56.3 Å². The predicted octanol–water partition coefficient (Wildman–Crippen LogP) is 3.15. The minimum absolute atomic E-state index is 0.283. The molecule has 2 N–H and O–H groups in total. The van der Waals surface area contributed by atoms with E-state index in [0.29, 0.717) is 18.0 Å². The van der Waals surface area contributed by atoms with E-state index in [9.17, 15) is 8.42 Å². The van der Waals surface area contributed by atoms with E-state index in [0.717, 1.165) is 41.3 Å². The van der Waals surface area contributed by atoms with Crippen molar-refractivity contribution in [2.45, 2.75) is 30.8 Å². The van der Waals surface area contributed by atoms with Crippen LogP contribution in [0.3, 0.4) is 0 Å². The molecule has 1 fully saturated rings. The lowest BCUT2D eigenvalue weighted by molar-refractivity contribution is 0.422. The van der Waals surface area contributed by atoms with Crippen LogP contribution >= 0.6 is 0 Å². The summed E-state index contributed by atoms with van der Waals surface area (Å²) in [6.07, 6.45) is 6.65. The Morgan fingerprint density at radius 2 is 1.82 bits per heavy atom. The van der Waals surface area contributed by atoms with E-state index >= 15 is 0 Å². The Hall–Kier alpha value is -3.50. The summed E-state index contributed by atoms with van der Waals surface area (Å²) in [5.41, 5.74) is 2.34. The minimum Gasteiger partial charge on any atom is -0.351 e. The van der Waals surface area contributed by atoms with Crippen LogP contribution < -0.4 is 15.5 Å². The first-order chi connectivity index (χ1) is 16.3. The van der Waals surface area contributed by atoms with Gasteiger partial charge in [0.2, 0.25) is 5.95 Å². The molecule has 3 aromatic heterocycles. The molecule has 10 heteroatoms. The van der Waals surface area contributed by atoms with E-state index in [2.05, 4.69) is 44.3 Å². The third-order valence-corrected chi connectivity index (χ3v) is 7.16. The number of nitrogens with one attached hydrogen (secondary N) is 2. The number of rotatable bonds is 5. The van der Waals surface area contributed by atoms with Crippen LogP contribution in [0.5, 0.6) is 0 Å². The molecular formula is C24H27N7O2S. The van der Waals surface area contributed by atoms with Gasteiger partial charge < -0.3 is 20.1 Å². The fourth-order valence-corrected chi connectivity index (χ4v) is 4.77. The number of benzene rings is 1. The van der Waals surface area contributed by atoms with Crippen molar-refractivity contribution in [3.05, 3.63) is 61.1 Å². The fraction of sp³-hybridized carbons (Fsp3) is 0.292. The van der Waals surface area contributed by atoms with Crippen LogP contribution in [0.25, 0.3) is 16.7 Å². The first-order valence-corrected chi connectivity index (χ1v) is 13.0. The van der Waals surface area contributed by atoms with Gasteiger partial charge in [0.25, 0.3) is 0 Å². The van der Waals surface area contributed by atoms with Gasteiger partial charge in [-0.3, -0.25) is 0 Å². The fourth-order valence-electron chi connectivity index (χ4n) is 4.14. The van der Waals surface area contributed by atoms with Crippen LogP contribution in [0.4, 0.5) is 17.5 Å². The second-order valence-corrected chi connectivity index (χ2v) is 10.8. The first-order valence-electron chi connectivity index (χ1n) is 11.2. The van der Waals surface area contributed by atoms with Gasteiger partial charge in [-0.1, -0.05) is 0 Å². The summed E-state index contributed by atoms with van der Waals surface area (Å²) in [4.78, 5) is 16.4. The quantitative estimate of drug-likeness (QED) is 0.452. The lowest BCUT2D eigenvalue weighted by atomic mass is 10.1. The van der Waals surface area contributed by atoms with Gasteiger partial charge in [-0.15, -0.1) is 0 Å². The predicted molar refractivity (Wildman–Crippen MR) is 134 cm³/mol. The second-order valence-electron chi connectivity index (χ2n) is 8.77. The highest BCUT2D eigenvalue weighted by atomic mass is 32.2. The SMILES string of the molecule is C[C@@H]1CN[C@@H](C)CN1c1ccc(Nc2ncc3ccn(-c4ccc(S(C)(=O)=O)cc4)c3n2)cn1. The van der Waals surface area contributed by atoms with Crippen molar-refractivity contribution in [2.24, 2.45) is 0 Å². The normalized spacial score (nSPS) is 18.9. The largest absolute Gasteiger partial charge is 0.351 e. The molecule has 4 heterocycles. The van der Waals surface area contributed by atoms with Crippen molar-refractivity contribution >= 4 is 38.3 Å². The molecule has 0 radical (unpaired) electrons. The summed E-state index contributed by atoms with van der Waals surface area (Å²) in [6, 6.07) is 13.5. The molecule has 1 aliphatic rings. The molecule has 1 aliphatic heterocycles. The van der Waals surface area contributed by atoms with Crippen molar-refractivity contribution in [2.75, 3.05) is 29.6 Å². The number of nitrogens with zero attached hydrogens (tertiary/aromatic N) is 5. The van der Waals surface area contributed by atoms with Gasteiger partial charge >= 0.3 is 0 Å². The third-order valence-electron chi connectivity index (χ3n) is 6.03. The molecule has 9 nitrogen and oxygen atoms in total. The van der Waals surface area contributed by atoms with Crippen molar-refractivity contribution < 1.29 is 8.42 Å². The molecule has 0 bridgehead atoms. The highest BCUT2D eigenvalue weighted by Crippen LogP contribution is 2.23. The van der Waals surface area contributed by atoms with E-state index < -0.39 is 9.84 Å². The number of aromatic nitrogens is 4. The van der Waals surface area contributed by atoms with Crippen LogP contribution in [-0.4, -0.2) is 59.4 Å². The summed E-state index contributed by atoms with van der Waals surface area (Å²) in [5, 5.41) is 7.60. The van der Waals surface area contributed by atoms with Crippen LogP contribution in [-0.2, 0) is 9.84 Å². The number of sulfone groups is 1. The van der Waals surface area contributed by atoms with Gasteiger partial charge in [-0.2, -0.15) is 4.98 Å². The summed E-state index contributed by atoms with van der Waals surface area (Å²) >= 11 is 0. The molecule has 2 atom stereocenters. The van der Waals surface area contributed by atoms with Crippen LogP contribution in [0.15, 0.2) is 66.0 Å². The molecule has 5 rings (SSSR count). The van der Waals surface area contributed by atoms with E-state index in [4.69, 9.17) is 0 Å². The van der Waals surface area contributed by atoms with Gasteiger partial charge in [0.15, 0.2) is 9.84 Å². The molecule has 34 heavy (non-hydrogen) atoms. The molecule has 0 unspecified atom stereocenters. The number of fused-ring (bicyclic) bond motifs is 1. The maximum atomic E-state index is 11.8. The molecule has 0 saturated carbocycles. The van der Waals surface area contributed by atoms with Gasteiger partial charge in [0, 0.05) is 54.9 Å². The molecule has 1 aromatic carbocycles. The Labute approximate surface area is 198 Å². The molecule has 0 spiro atoms. The van der Waals surface area contributed by atoms with Crippen molar-refractivity contribution in [1.29, 1.82) is 0 Å². The van der Waals surface area contributed by atoms with Crippen molar-refractivity contribution in [1.82, 2.24) is 24.8 Å². The zero-order chi connectivity index (χ0) is 23.9. The monoisotopic (exact) mass is 477 g/mol. The van der Waals surface area contributed by atoms with E-state index in [1.54, 1.807) is 36.7 Å². The van der Waals surface area contributed by atoms with E-state index in [-0.39, 0.29) is 4.90 Å². The Balaban J connectivity index is 1.38. The highest BCUT2D eigenvalue weighted by Gasteiger charge is 2.23. The molecule has 4 aromatic rings. The number of hydrogen-bond acceptors (Lipinski definition) is 8. The average molecular weight is 478 g/mol. The minimum atomic E-state index is -3.25. The van der Waals surface area contributed by atoms with E-state index in [1.165, 1.54) is 6.26 Å².